The molecule has 2 fully saturated rings. The molecule has 8 heteroatoms. The van der Waals surface area contributed by atoms with Crippen LogP contribution in [0.2, 0.25) is 0 Å². The molecule has 0 radical (unpaired) electrons. The second-order valence-corrected chi connectivity index (χ2v) is 7.37. The molecule has 1 aliphatic carbocycles. The molecule has 1 atom stereocenters. The third-order valence-corrected chi connectivity index (χ3v) is 4.90. The summed E-state index contributed by atoms with van der Waals surface area (Å²) in [6.07, 6.45) is 3.56. The molecule has 1 amide bonds. The SMILES string of the molecule is CC(C)OC(=O)NS(=O)(=O)NC1CCNC2(CCC2)C1. The van der Waals surface area contributed by atoms with E-state index >= 15 is 0 Å². The third-order valence-electron chi connectivity index (χ3n) is 3.82. The van der Waals surface area contributed by atoms with Crippen LogP contribution in [-0.2, 0) is 14.9 Å². The Morgan fingerprint density at radius 3 is 2.65 bits per heavy atom. The van der Waals surface area contributed by atoms with Crippen LogP contribution >= 0.6 is 0 Å². The predicted octanol–water partition coefficient (Wildman–Crippen LogP) is 0.630. The molecule has 116 valence electrons. The number of rotatable bonds is 4. The number of carbonyl (C=O) groups is 1. The second kappa shape index (κ2) is 5.87. The fourth-order valence-corrected chi connectivity index (χ4v) is 3.81. The Labute approximate surface area is 120 Å². The molecule has 2 aliphatic rings. The fraction of sp³-hybridized carbons (Fsp3) is 0.917. The summed E-state index contributed by atoms with van der Waals surface area (Å²) in [5, 5.41) is 3.47. The molecule has 2 rings (SSSR count). The van der Waals surface area contributed by atoms with Gasteiger partial charge >= 0.3 is 16.3 Å². The van der Waals surface area contributed by atoms with Crippen LogP contribution in [0.15, 0.2) is 0 Å². The van der Waals surface area contributed by atoms with Crippen LogP contribution in [-0.4, -0.2) is 38.7 Å². The highest BCUT2D eigenvalue weighted by molar-refractivity contribution is 7.88. The first-order chi connectivity index (χ1) is 9.30. The van der Waals surface area contributed by atoms with E-state index in [1.807, 2.05) is 4.72 Å². The van der Waals surface area contributed by atoms with Gasteiger partial charge in [-0.15, -0.1) is 0 Å². The first-order valence-electron chi connectivity index (χ1n) is 7.06. The van der Waals surface area contributed by atoms with E-state index in [9.17, 15) is 13.2 Å². The average molecular weight is 305 g/mol. The quantitative estimate of drug-likeness (QED) is 0.708. The first kappa shape index (κ1) is 15.5. The molecule has 7 nitrogen and oxygen atoms in total. The molecule has 0 bridgehead atoms. The number of ether oxygens (including phenoxy) is 1. The zero-order valence-electron chi connectivity index (χ0n) is 11.9. The van der Waals surface area contributed by atoms with Gasteiger partial charge in [-0.25, -0.2) is 9.52 Å². The molecule has 1 saturated heterocycles. The van der Waals surface area contributed by atoms with Crippen LogP contribution in [0, 0.1) is 0 Å². The summed E-state index contributed by atoms with van der Waals surface area (Å²) in [6.45, 7) is 4.11. The third kappa shape index (κ3) is 4.07. The second-order valence-electron chi connectivity index (χ2n) is 5.93. The topological polar surface area (TPSA) is 96.5 Å². The van der Waals surface area contributed by atoms with Crippen molar-refractivity contribution in [1.29, 1.82) is 0 Å². The number of carbonyl (C=O) groups excluding carboxylic acids is 1. The largest absolute Gasteiger partial charge is 0.446 e. The normalized spacial score (nSPS) is 25.2. The minimum absolute atomic E-state index is 0.101. The van der Waals surface area contributed by atoms with Crippen molar-refractivity contribution < 1.29 is 17.9 Å². The first-order valence-corrected chi connectivity index (χ1v) is 8.54. The van der Waals surface area contributed by atoms with Gasteiger partial charge in [-0.3, -0.25) is 0 Å². The van der Waals surface area contributed by atoms with Gasteiger partial charge in [0.15, 0.2) is 0 Å². The van der Waals surface area contributed by atoms with Crippen LogP contribution < -0.4 is 14.8 Å². The van der Waals surface area contributed by atoms with Crippen molar-refractivity contribution in [3.05, 3.63) is 0 Å². The lowest BCUT2D eigenvalue weighted by Crippen LogP contribution is -2.60. The van der Waals surface area contributed by atoms with Crippen molar-refractivity contribution in [3.8, 4) is 0 Å². The van der Waals surface area contributed by atoms with E-state index in [2.05, 4.69) is 10.0 Å². The Bertz CT molecular complexity index is 459. The summed E-state index contributed by atoms with van der Waals surface area (Å²) in [5.41, 5.74) is 0.101. The average Bonchev–Trinajstić information content (AvgIpc) is 2.24. The van der Waals surface area contributed by atoms with E-state index in [0.717, 1.165) is 32.2 Å². The van der Waals surface area contributed by atoms with Crippen molar-refractivity contribution in [1.82, 2.24) is 14.8 Å². The van der Waals surface area contributed by atoms with E-state index in [1.165, 1.54) is 6.42 Å². The summed E-state index contributed by atoms with van der Waals surface area (Å²) in [4.78, 5) is 11.3. The molecule has 1 unspecified atom stereocenters. The highest BCUT2D eigenvalue weighted by Crippen LogP contribution is 2.38. The van der Waals surface area contributed by atoms with Gasteiger partial charge in [0.1, 0.15) is 0 Å². The van der Waals surface area contributed by atoms with Crippen LogP contribution in [0.5, 0.6) is 0 Å². The molecule has 0 aromatic heterocycles. The summed E-state index contributed by atoms with van der Waals surface area (Å²) in [5.74, 6) is 0. The number of amides is 1. The molecular weight excluding hydrogens is 282 g/mol. The summed E-state index contributed by atoms with van der Waals surface area (Å²) >= 11 is 0. The molecule has 1 aliphatic heterocycles. The number of hydrogen-bond donors (Lipinski definition) is 3. The maximum Gasteiger partial charge on any atom is 0.422 e. The monoisotopic (exact) mass is 305 g/mol. The van der Waals surface area contributed by atoms with Crippen molar-refractivity contribution >= 4 is 16.3 Å². The van der Waals surface area contributed by atoms with Gasteiger partial charge in [-0.2, -0.15) is 13.1 Å². The minimum atomic E-state index is -3.86. The van der Waals surface area contributed by atoms with Gasteiger partial charge in [0.05, 0.1) is 6.10 Å². The summed E-state index contributed by atoms with van der Waals surface area (Å²) in [6, 6.07) is -0.138. The Morgan fingerprint density at radius 1 is 1.40 bits per heavy atom. The molecule has 1 saturated carbocycles. The zero-order chi connectivity index (χ0) is 14.8. The van der Waals surface area contributed by atoms with Crippen LogP contribution in [0.4, 0.5) is 4.79 Å². The lowest BCUT2D eigenvalue weighted by Gasteiger charge is -2.48. The lowest BCUT2D eigenvalue weighted by molar-refractivity contribution is 0.120. The minimum Gasteiger partial charge on any atom is -0.446 e. The van der Waals surface area contributed by atoms with Crippen molar-refractivity contribution in [2.75, 3.05) is 6.54 Å². The molecule has 20 heavy (non-hydrogen) atoms. The van der Waals surface area contributed by atoms with Gasteiger partial charge in [0.25, 0.3) is 0 Å². The van der Waals surface area contributed by atoms with Crippen molar-refractivity contribution in [2.45, 2.75) is 63.6 Å². The van der Waals surface area contributed by atoms with Gasteiger partial charge in [0.2, 0.25) is 0 Å². The predicted molar refractivity (Wildman–Crippen MR) is 74.4 cm³/mol. The van der Waals surface area contributed by atoms with E-state index < -0.39 is 16.3 Å². The van der Waals surface area contributed by atoms with Gasteiger partial charge in [-0.05, 0) is 52.5 Å². The number of nitrogens with one attached hydrogen (secondary N) is 3. The Kier molecular flexibility index (Phi) is 4.55. The highest BCUT2D eigenvalue weighted by Gasteiger charge is 2.41. The maximum absolute atomic E-state index is 11.9. The van der Waals surface area contributed by atoms with Gasteiger partial charge in [0, 0.05) is 11.6 Å². The molecule has 0 aromatic carbocycles. The van der Waals surface area contributed by atoms with Crippen LogP contribution in [0.3, 0.4) is 0 Å². The maximum atomic E-state index is 11.9. The smallest absolute Gasteiger partial charge is 0.422 e. The van der Waals surface area contributed by atoms with Gasteiger partial charge < -0.3 is 10.1 Å². The molecule has 1 spiro atoms. The van der Waals surface area contributed by atoms with E-state index in [0.29, 0.717) is 0 Å². The summed E-state index contributed by atoms with van der Waals surface area (Å²) in [7, 11) is -3.86. The van der Waals surface area contributed by atoms with E-state index in [-0.39, 0.29) is 17.7 Å². The zero-order valence-corrected chi connectivity index (χ0v) is 12.8. The Morgan fingerprint density at radius 2 is 2.10 bits per heavy atom. The lowest BCUT2D eigenvalue weighted by atomic mass is 9.70. The van der Waals surface area contributed by atoms with Crippen molar-refractivity contribution in [2.24, 2.45) is 0 Å². The molecule has 0 aromatic rings. The van der Waals surface area contributed by atoms with E-state index in [1.54, 1.807) is 13.8 Å². The van der Waals surface area contributed by atoms with Gasteiger partial charge in [-0.1, -0.05) is 0 Å². The van der Waals surface area contributed by atoms with E-state index in [4.69, 9.17) is 4.74 Å². The number of piperidine rings is 1. The summed E-state index contributed by atoms with van der Waals surface area (Å²) < 4.78 is 32.9. The molecule has 3 N–H and O–H groups in total. The molecular formula is C12H23N3O4S. The van der Waals surface area contributed by atoms with Crippen LogP contribution in [0.1, 0.15) is 46.0 Å². The Hall–Kier alpha value is -0.860. The van der Waals surface area contributed by atoms with Crippen LogP contribution in [0.25, 0.3) is 0 Å². The van der Waals surface area contributed by atoms with Crippen molar-refractivity contribution in [3.63, 3.8) is 0 Å². The highest BCUT2D eigenvalue weighted by atomic mass is 32.2. The Balaban J connectivity index is 1.86. The number of hydrogen-bond acceptors (Lipinski definition) is 5. The standard InChI is InChI=1S/C12H23N3O4S/c1-9(2)19-11(16)15-20(17,18)14-10-4-7-13-12(8-10)5-3-6-12/h9-10,13-14H,3-8H2,1-2H3,(H,15,16). The molecule has 1 heterocycles. The fourth-order valence-electron chi connectivity index (χ4n) is 2.84.